The topological polar surface area (TPSA) is 37.8 Å². The third-order valence-electron chi connectivity index (χ3n) is 2.44. The first kappa shape index (κ1) is 10.6. The lowest BCUT2D eigenvalue weighted by atomic mass is 10.2. The molecule has 0 saturated heterocycles. The number of aryl methyl sites for hydroxylation is 1. The minimum Gasteiger partial charge on any atom is -0.364 e. The van der Waals surface area contributed by atoms with Crippen molar-refractivity contribution < 1.29 is 0 Å². The summed E-state index contributed by atoms with van der Waals surface area (Å²) in [6.07, 6.45) is 4.59. The Morgan fingerprint density at radius 3 is 2.69 bits per heavy atom. The fourth-order valence-electron chi connectivity index (χ4n) is 1.56. The van der Waals surface area contributed by atoms with Gasteiger partial charge in [0.15, 0.2) is 0 Å². The van der Waals surface area contributed by atoms with Gasteiger partial charge in [0.25, 0.3) is 0 Å². The Hall–Kier alpha value is -1.90. The Bertz CT molecular complexity index is 440. The van der Waals surface area contributed by atoms with Gasteiger partial charge in [-0.25, -0.2) is 4.98 Å². The molecule has 0 atom stereocenters. The quantitative estimate of drug-likeness (QED) is 0.848. The van der Waals surface area contributed by atoms with Crippen LogP contribution in [-0.2, 0) is 13.0 Å². The fourth-order valence-corrected chi connectivity index (χ4v) is 1.56. The van der Waals surface area contributed by atoms with E-state index < -0.39 is 0 Å². The summed E-state index contributed by atoms with van der Waals surface area (Å²) in [7, 11) is 0. The predicted octanol–water partition coefficient (Wildman–Crippen LogP) is 2.65. The molecule has 1 N–H and O–H groups in total. The maximum Gasteiger partial charge on any atom is 0.129 e. The van der Waals surface area contributed by atoms with Gasteiger partial charge in [-0.1, -0.05) is 19.1 Å². The van der Waals surface area contributed by atoms with Crippen molar-refractivity contribution in [2.75, 3.05) is 5.32 Å². The first-order valence-electron chi connectivity index (χ1n) is 5.48. The maximum atomic E-state index is 4.33. The highest BCUT2D eigenvalue weighted by molar-refractivity contribution is 5.43. The van der Waals surface area contributed by atoms with Crippen molar-refractivity contribution in [1.29, 1.82) is 0 Å². The molecular weight excluding hydrogens is 198 g/mol. The van der Waals surface area contributed by atoms with Gasteiger partial charge in [0, 0.05) is 12.4 Å². The second kappa shape index (κ2) is 5.26. The van der Waals surface area contributed by atoms with E-state index in [1.165, 1.54) is 5.56 Å². The van der Waals surface area contributed by atoms with Crippen molar-refractivity contribution in [1.82, 2.24) is 9.97 Å². The van der Waals surface area contributed by atoms with E-state index in [4.69, 9.17) is 0 Å². The summed E-state index contributed by atoms with van der Waals surface area (Å²) < 4.78 is 0. The van der Waals surface area contributed by atoms with Gasteiger partial charge in [-0.15, -0.1) is 0 Å². The van der Waals surface area contributed by atoms with Gasteiger partial charge in [0.1, 0.15) is 5.82 Å². The number of nitrogens with zero attached hydrogens (tertiary/aromatic N) is 2. The fraction of sp³-hybridized carbons (Fsp3) is 0.231. The third kappa shape index (κ3) is 2.57. The van der Waals surface area contributed by atoms with Gasteiger partial charge in [-0.2, -0.15) is 0 Å². The smallest absolute Gasteiger partial charge is 0.129 e. The molecule has 0 bridgehead atoms. The largest absolute Gasteiger partial charge is 0.364 e. The zero-order valence-electron chi connectivity index (χ0n) is 9.35. The molecule has 0 aromatic carbocycles. The molecule has 2 heterocycles. The van der Waals surface area contributed by atoms with E-state index in [1.807, 2.05) is 24.3 Å². The monoisotopic (exact) mass is 213 g/mol. The SMILES string of the molecule is CCc1cccnc1NCc1ccccn1. The third-order valence-corrected chi connectivity index (χ3v) is 2.44. The molecular formula is C13H15N3. The Morgan fingerprint density at radius 1 is 1.06 bits per heavy atom. The van der Waals surface area contributed by atoms with Crippen LogP contribution in [0, 0.1) is 0 Å². The van der Waals surface area contributed by atoms with Crippen LogP contribution in [0.4, 0.5) is 5.82 Å². The Morgan fingerprint density at radius 2 is 1.94 bits per heavy atom. The summed E-state index contributed by atoms with van der Waals surface area (Å²) in [5.41, 5.74) is 2.26. The van der Waals surface area contributed by atoms with E-state index in [9.17, 15) is 0 Å². The van der Waals surface area contributed by atoms with Crippen LogP contribution in [0.3, 0.4) is 0 Å². The number of pyridine rings is 2. The molecule has 2 aromatic heterocycles. The molecule has 0 aliphatic heterocycles. The minimum atomic E-state index is 0.713. The molecule has 3 heteroatoms. The van der Waals surface area contributed by atoms with E-state index in [0.717, 1.165) is 17.9 Å². The summed E-state index contributed by atoms with van der Waals surface area (Å²) in [5, 5.41) is 3.31. The summed E-state index contributed by atoms with van der Waals surface area (Å²) in [6, 6.07) is 9.96. The summed E-state index contributed by atoms with van der Waals surface area (Å²) in [6.45, 7) is 2.84. The molecule has 0 amide bonds. The van der Waals surface area contributed by atoms with Crippen molar-refractivity contribution in [2.45, 2.75) is 19.9 Å². The van der Waals surface area contributed by atoms with Crippen molar-refractivity contribution >= 4 is 5.82 Å². The Labute approximate surface area is 95.6 Å². The van der Waals surface area contributed by atoms with Gasteiger partial charge < -0.3 is 5.32 Å². The lowest BCUT2D eigenvalue weighted by Gasteiger charge is -2.08. The van der Waals surface area contributed by atoms with Crippen LogP contribution in [0.1, 0.15) is 18.2 Å². The molecule has 2 rings (SSSR count). The first-order chi connectivity index (χ1) is 7.90. The van der Waals surface area contributed by atoms with Gasteiger partial charge >= 0.3 is 0 Å². The van der Waals surface area contributed by atoms with Gasteiger partial charge in [-0.3, -0.25) is 4.98 Å². The van der Waals surface area contributed by atoms with Crippen LogP contribution in [0.2, 0.25) is 0 Å². The average Bonchev–Trinajstić information content (AvgIpc) is 2.38. The second-order valence-corrected chi connectivity index (χ2v) is 3.54. The Kier molecular flexibility index (Phi) is 3.49. The molecule has 0 radical (unpaired) electrons. The van der Waals surface area contributed by atoms with Crippen LogP contribution < -0.4 is 5.32 Å². The molecule has 0 spiro atoms. The highest BCUT2D eigenvalue weighted by Crippen LogP contribution is 2.12. The molecule has 16 heavy (non-hydrogen) atoms. The number of anilines is 1. The lowest BCUT2D eigenvalue weighted by molar-refractivity contribution is 1.01. The van der Waals surface area contributed by atoms with Crippen molar-refractivity contribution in [3.05, 3.63) is 54.0 Å². The zero-order chi connectivity index (χ0) is 11.2. The highest BCUT2D eigenvalue weighted by Gasteiger charge is 2.00. The summed E-state index contributed by atoms with van der Waals surface area (Å²) >= 11 is 0. The number of hydrogen-bond donors (Lipinski definition) is 1. The van der Waals surface area contributed by atoms with E-state index >= 15 is 0 Å². The normalized spacial score (nSPS) is 10.1. The summed E-state index contributed by atoms with van der Waals surface area (Å²) in [4.78, 5) is 8.58. The van der Waals surface area contributed by atoms with Crippen LogP contribution in [-0.4, -0.2) is 9.97 Å². The number of hydrogen-bond acceptors (Lipinski definition) is 3. The maximum absolute atomic E-state index is 4.33. The molecule has 0 aliphatic carbocycles. The molecule has 0 aliphatic rings. The van der Waals surface area contributed by atoms with Crippen LogP contribution in [0.15, 0.2) is 42.7 Å². The van der Waals surface area contributed by atoms with Crippen molar-refractivity contribution in [3.8, 4) is 0 Å². The lowest BCUT2D eigenvalue weighted by Crippen LogP contribution is -2.05. The standard InChI is InChI=1S/C13H15N3/c1-2-11-6-5-9-15-13(11)16-10-12-7-3-4-8-14-12/h3-9H,2,10H2,1H3,(H,15,16). The van der Waals surface area contributed by atoms with E-state index in [2.05, 4.69) is 28.3 Å². The Balaban J connectivity index is 2.05. The van der Waals surface area contributed by atoms with Gasteiger partial charge in [0.05, 0.1) is 12.2 Å². The molecule has 0 saturated carbocycles. The zero-order valence-corrected chi connectivity index (χ0v) is 9.35. The molecule has 0 fully saturated rings. The van der Waals surface area contributed by atoms with Crippen LogP contribution in [0.5, 0.6) is 0 Å². The first-order valence-corrected chi connectivity index (χ1v) is 5.48. The molecule has 82 valence electrons. The van der Waals surface area contributed by atoms with Gasteiger partial charge in [0.2, 0.25) is 0 Å². The number of aromatic nitrogens is 2. The number of nitrogens with one attached hydrogen (secondary N) is 1. The van der Waals surface area contributed by atoms with Gasteiger partial charge in [-0.05, 0) is 30.2 Å². The number of rotatable bonds is 4. The van der Waals surface area contributed by atoms with Crippen molar-refractivity contribution in [2.24, 2.45) is 0 Å². The second-order valence-electron chi connectivity index (χ2n) is 3.54. The van der Waals surface area contributed by atoms with Crippen molar-refractivity contribution in [3.63, 3.8) is 0 Å². The van der Waals surface area contributed by atoms with Crippen LogP contribution in [0.25, 0.3) is 0 Å². The molecule has 0 unspecified atom stereocenters. The minimum absolute atomic E-state index is 0.713. The highest BCUT2D eigenvalue weighted by atomic mass is 15.0. The summed E-state index contributed by atoms with van der Waals surface area (Å²) in [5.74, 6) is 0.954. The molecule has 3 nitrogen and oxygen atoms in total. The predicted molar refractivity (Wildman–Crippen MR) is 65.2 cm³/mol. The van der Waals surface area contributed by atoms with E-state index in [0.29, 0.717) is 6.54 Å². The van der Waals surface area contributed by atoms with E-state index in [-0.39, 0.29) is 0 Å². The molecule has 2 aromatic rings. The van der Waals surface area contributed by atoms with Crippen LogP contribution >= 0.6 is 0 Å². The average molecular weight is 213 g/mol. The van der Waals surface area contributed by atoms with E-state index in [1.54, 1.807) is 12.4 Å².